The summed E-state index contributed by atoms with van der Waals surface area (Å²) in [6.07, 6.45) is -2.56. The van der Waals surface area contributed by atoms with Crippen molar-refractivity contribution in [2.45, 2.75) is 48.0 Å². The predicted molar refractivity (Wildman–Crippen MR) is 186 cm³/mol. The number of hydrogen-bond donors (Lipinski definition) is 5. The highest BCUT2D eigenvalue weighted by Gasteiger charge is 2.39. The predicted octanol–water partition coefficient (Wildman–Crippen LogP) is 4.12. The van der Waals surface area contributed by atoms with Crippen LogP contribution in [0.1, 0.15) is 35.6 Å². The van der Waals surface area contributed by atoms with Gasteiger partial charge in [-0.05, 0) is 66.8 Å². The molecule has 2 heterocycles. The summed E-state index contributed by atoms with van der Waals surface area (Å²) in [7, 11) is -7.98. The molecule has 1 fully saturated rings. The number of rotatable bonds is 14. The number of amides is 2. The number of alkyl halides is 3. The van der Waals surface area contributed by atoms with E-state index >= 15 is 0 Å². The van der Waals surface area contributed by atoms with E-state index in [4.69, 9.17) is 26.2 Å². The summed E-state index contributed by atoms with van der Waals surface area (Å²) >= 11 is 6.43. The summed E-state index contributed by atoms with van der Waals surface area (Å²) in [4.78, 5) is 33.9. The van der Waals surface area contributed by atoms with Crippen LogP contribution in [0.4, 0.5) is 13.2 Å². The second-order valence-electron chi connectivity index (χ2n) is 11.4. The third-order valence-electron chi connectivity index (χ3n) is 7.57. The van der Waals surface area contributed by atoms with Crippen LogP contribution in [0.25, 0.3) is 11.3 Å². The zero-order valence-electron chi connectivity index (χ0n) is 27.5. The molecule has 20 heteroatoms. The van der Waals surface area contributed by atoms with Crippen LogP contribution in [-0.4, -0.2) is 75.3 Å². The lowest BCUT2D eigenvalue weighted by atomic mass is 10.0. The van der Waals surface area contributed by atoms with Crippen LogP contribution in [0.3, 0.4) is 0 Å². The first-order valence-electron chi connectivity index (χ1n) is 15.7. The molecule has 1 aromatic heterocycles. The second-order valence-corrected chi connectivity index (χ2v) is 15.4. The summed E-state index contributed by atoms with van der Waals surface area (Å²) in [5.41, 5.74) is 2.44. The number of halogens is 4. The Morgan fingerprint density at radius 3 is 2.32 bits per heavy atom. The Kier molecular flexibility index (Phi) is 13.6. The van der Waals surface area contributed by atoms with Crippen molar-refractivity contribution in [1.29, 1.82) is 0 Å². The lowest BCUT2D eigenvalue weighted by molar-refractivity contribution is -0.192. The van der Waals surface area contributed by atoms with E-state index < -0.39 is 55.3 Å². The molecule has 2 amide bonds. The number of sulfonamides is 2. The van der Waals surface area contributed by atoms with Crippen LogP contribution in [0.2, 0.25) is 5.02 Å². The number of hydrogen-bond acceptors (Lipinski definition) is 9. The standard InChI is InChI=1S/C31H32ClN5O7S2.C2HF3O2/c32-25-18-21(12-13-23(25)29-20-30(38)37-46(29,42)43)19-27(36-45(40,41)22-8-2-1-3-9-22)31(39)33-15-6-7-17-44-28-11-5-4-10-24(28)26-14-16-34-35-26;3-2(4,5)1(6)7/h1-5,8-14,16,18,27,29,36H,6-7,15,17,19-20H2,(H,33,39)(H,34,35)(H,37,38);(H,6,7). The topological polar surface area (TPSA) is 214 Å². The Labute approximate surface area is 307 Å². The Balaban J connectivity index is 0.000000815. The van der Waals surface area contributed by atoms with Gasteiger partial charge in [0.1, 0.15) is 17.0 Å². The molecule has 4 aromatic rings. The number of aromatic nitrogens is 2. The van der Waals surface area contributed by atoms with Crippen LogP contribution < -0.4 is 19.5 Å². The summed E-state index contributed by atoms with van der Waals surface area (Å²) in [6.45, 7) is 0.669. The summed E-state index contributed by atoms with van der Waals surface area (Å²) in [5, 5.41) is 15.8. The fourth-order valence-corrected chi connectivity index (χ4v) is 8.10. The number of unbranched alkanes of at least 4 members (excludes halogenated alkanes) is 1. The molecule has 2 unspecified atom stereocenters. The molecule has 284 valence electrons. The molecule has 1 aliphatic rings. The molecule has 0 radical (unpaired) electrons. The molecule has 3 aromatic carbocycles. The van der Waals surface area contributed by atoms with Crippen molar-refractivity contribution in [3.05, 3.63) is 101 Å². The largest absolute Gasteiger partial charge is 0.493 e. The van der Waals surface area contributed by atoms with E-state index in [2.05, 4.69) is 20.2 Å². The van der Waals surface area contributed by atoms with Crippen molar-refractivity contribution < 1.29 is 54.2 Å². The first-order chi connectivity index (χ1) is 25.0. The molecule has 53 heavy (non-hydrogen) atoms. The molecule has 2 atom stereocenters. The number of ether oxygens (including phenoxy) is 1. The Bertz CT molecular complexity index is 2120. The lowest BCUT2D eigenvalue weighted by Gasteiger charge is -2.20. The summed E-state index contributed by atoms with van der Waals surface area (Å²) in [5.74, 6) is -3.22. The van der Waals surface area contributed by atoms with Crippen molar-refractivity contribution in [1.82, 2.24) is 25.0 Å². The van der Waals surface area contributed by atoms with E-state index in [0.717, 1.165) is 11.3 Å². The van der Waals surface area contributed by atoms with Crippen molar-refractivity contribution >= 4 is 49.4 Å². The molecule has 5 N–H and O–H groups in total. The van der Waals surface area contributed by atoms with Crippen LogP contribution in [0, 0.1) is 0 Å². The number of benzene rings is 3. The van der Waals surface area contributed by atoms with Gasteiger partial charge in [-0.25, -0.2) is 21.6 Å². The molecule has 5 rings (SSSR count). The van der Waals surface area contributed by atoms with Gasteiger partial charge in [-0.2, -0.15) is 23.0 Å². The Morgan fingerprint density at radius 2 is 1.72 bits per heavy atom. The van der Waals surface area contributed by atoms with Gasteiger partial charge in [-0.15, -0.1) is 0 Å². The van der Waals surface area contributed by atoms with E-state index in [-0.39, 0.29) is 34.9 Å². The average Bonchev–Trinajstić information content (AvgIpc) is 3.73. The number of nitrogens with one attached hydrogen (secondary N) is 4. The van der Waals surface area contributed by atoms with Gasteiger partial charge in [0.2, 0.25) is 31.9 Å². The van der Waals surface area contributed by atoms with E-state index in [0.29, 0.717) is 30.8 Å². The molecule has 14 nitrogen and oxygen atoms in total. The van der Waals surface area contributed by atoms with E-state index in [1.807, 2.05) is 35.1 Å². The molecular formula is C33H33ClF3N5O9S2. The third-order valence-corrected chi connectivity index (χ3v) is 11.1. The highest BCUT2D eigenvalue weighted by Crippen LogP contribution is 2.35. The van der Waals surface area contributed by atoms with E-state index in [9.17, 15) is 39.6 Å². The average molecular weight is 800 g/mol. The highest BCUT2D eigenvalue weighted by atomic mass is 35.5. The quantitative estimate of drug-likeness (QED) is 0.115. The number of carboxylic acid groups (broad SMARTS) is 1. The maximum atomic E-state index is 13.3. The zero-order valence-corrected chi connectivity index (χ0v) is 29.9. The molecule has 0 aliphatic carbocycles. The van der Waals surface area contributed by atoms with Crippen molar-refractivity contribution in [2.75, 3.05) is 13.2 Å². The highest BCUT2D eigenvalue weighted by molar-refractivity contribution is 7.90. The third kappa shape index (κ3) is 11.5. The van der Waals surface area contributed by atoms with E-state index in [1.54, 1.807) is 30.5 Å². The number of H-pyrrole nitrogens is 1. The normalized spacial score (nSPS) is 15.8. The molecule has 1 aliphatic heterocycles. The van der Waals surface area contributed by atoms with Gasteiger partial charge in [-0.3, -0.25) is 19.4 Å². The molecule has 0 saturated carbocycles. The first-order valence-corrected chi connectivity index (χ1v) is 19.1. The minimum Gasteiger partial charge on any atom is -0.493 e. The number of carbonyl (C=O) groups excluding carboxylic acids is 2. The maximum Gasteiger partial charge on any atom is 0.490 e. The smallest absolute Gasteiger partial charge is 0.490 e. The summed E-state index contributed by atoms with van der Waals surface area (Å²) in [6, 6.07) is 20.4. The van der Waals surface area contributed by atoms with Gasteiger partial charge >= 0.3 is 12.1 Å². The van der Waals surface area contributed by atoms with Crippen LogP contribution >= 0.6 is 11.6 Å². The minimum atomic E-state index is -5.08. The summed E-state index contributed by atoms with van der Waals surface area (Å²) < 4.78 is 93.1. The maximum absolute atomic E-state index is 13.3. The van der Waals surface area contributed by atoms with Gasteiger partial charge in [0.05, 0.1) is 23.6 Å². The fraction of sp³-hybridized carbons (Fsp3) is 0.273. The zero-order chi connectivity index (χ0) is 38.8. The second kappa shape index (κ2) is 17.7. The fourth-order valence-electron chi connectivity index (χ4n) is 5.03. The van der Waals surface area contributed by atoms with Gasteiger partial charge < -0.3 is 15.2 Å². The monoisotopic (exact) mass is 799 g/mol. The van der Waals surface area contributed by atoms with Gasteiger partial charge in [0.25, 0.3) is 0 Å². The van der Waals surface area contributed by atoms with Gasteiger partial charge in [0.15, 0.2) is 0 Å². The number of aromatic amines is 1. The molecular weight excluding hydrogens is 767 g/mol. The van der Waals surface area contributed by atoms with E-state index in [1.165, 1.54) is 24.3 Å². The van der Waals surface area contributed by atoms with Crippen molar-refractivity contribution in [2.24, 2.45) is 0 Å². The van der Waals surface area contributed by atoms with Crippen molar-refractivity contribution in [3.63, 3.8) is 0 Å². The van der Waals surface area contributed by atoms with Crippen LogP contribution in [0.5, 0.6) is 5.75 Å². The number of nitrogens with zero attached hydrogens (tertiary/aromatic N) is 1. The van der Waals surface area contributed by atoms with Crippen molar-refractivity contribution in [3.8, 4) is 17.0 Å². The minimum absolute atomic E-state index is 0.00246. The van der Waals surface area contributed by atoms with Gasteiger partial charge in [0, 0.05) is 23.3 Å². The molecule has 0 bridgehead atoms. The molecule has 0 spiro atoms. The number of carbonyl (C=O) groups is 3. The van der Waals surface area contributed by atoms with Crippen LogP contribution in [-0.2, 0) is 40.9 Å². The Morgan fingerprint density at radius 1 is 1.04 bits per heavy atom. The SMILES string of the molecule is O=C(O)C(F)(F)F.O=C1CC(c2ccc(CC(NS(=O)(=O)c3ccccc3)C(=O)NCCCCOc3ccccc3-c3ccn[nH]3)cc2Cl)S(=O)(=O)N1. The number of aliphatic carboxylic acids is 1. The number of para-hydroxylation sites is 1. The molecule has 1 saturated heterocycles. The first kappa shape index (κ1) is 40.8. The Hall–Kier alpha value is -4.98. The lowest BCUT2D eigenvalue weighted by Crippen LogP contribution is -2.48. The van der Waals surface area contributed by atoms with Gasteiger partial charge in [-0.1, -0.05) is 54.1 Å². The van der Waals surface area contributed by atoms with Crippen LogP contribution in [0.15, 0.2) is 90.0 Å². The number of carboxylic acids is 1.